The van der Waals surface area contributed by atoms with Crippen molar-refractivity contribution >= 4 is 29.2 Å². The summed E-state index contributed by atoms with van der Waals surface area (Å²) in [6.07, 6.45) is 0. The number of hydrogen-bond acceptors (Lipinski definition) is 5. The normalized spacial score (nSPS) is 10.8. The van der Waals surface area contributed by atoms with E-state index in [1.807, 2.05) is 0 Å². The molecule has 154 valence electrons. The molecule has 2 heterocycles. The number of aromatic nitrogens is 4. The van der Waals surface area contributed by atoms with Crippen LogP contribution in [0.2, 0.25) is 5.02 Å². The van der Waals surface area contributed by atoms with Gasteiger partial charge in [0.25, 0.3) is 17.2 Å². The molecule has 1 N–H and O–H groups in total. The van der Waals surface area contributed by atoms with Crippen LogP contribution in [0, 0.1) is 25.2 Å². The quantitative estimate of drug-likeness (QED) is 0.531. The van der Waals surface area contributed by atoms with Crippen molar-refractivity contribution in [1.29, 1.82) is 5.26 Å². The van der Waals surface area contributed by atoms with E-state index in [4.69, 9.17) is 16.9 Å². The van der Waals surface area contributed by atoms with E-state index in [0.717, 1.165) is 5.56 Å². The van der Waals surface area contributed by atoms with E-state index in [0.29, 0.717) is 27.4 Å². The number of fused-ring (bicyclic) bond motifs is 1. The maximum absolute atomic E-state index is 13.3. The predicted octanol–water partition coefficient (Wildman–Crippen LogP) is 3.41. The molecule has 0 aliphatic carbocycles. The molecule has 0 fully saturated rings. The van der Waals surface area contributed by atoms with E-state index in [1.54, 1.807) is 62.4 Å². The molecule has 0 aliphatic heterocycles. The van der Waals surface area contributed by atoms with Gasteiger partial charge in [0.1, 0.15) is 0 Å². The number of aryl methyl sites for hydroxylation is 1. The van der Waals surface area contributed by atoms with Crippen LogP contribution in [0.15, 0.2) is 53.3 Å². The number of nitrogens with zero attached hydrogens (tertiary/aromatic N) is 5. The zero-order valence-corrected chi connectivity index (χ0v) is 17.5. The fraction of sp³-hybridized carbons (Fsp3) is 0.136. The van der Waals surface area contributed by atoms with Crippen LogP contribution >= 0.6 is 11.6 Å². The molecule has 0 spiro atoms. The van der Waals surface area contributed by atoms with Gasteiger partial charge in [-0.1, -0.05) is 23.7 Å². The first-order chi connectivity index (χ1) is 14.9. The number of carbonyl (C=O) groups excluding carboxylic acids is 1. The summed E-state index contributed by atoms with van der Waals surface area (Å²) in [5, 5.41) is 12.4. The van der Waals surface area contributed by atoms with Gasteiger partial charge in [0, 0.05) is 21.8 Å². The topological polar surface area (TPSA) is 107 Å². The van der Waals surface area contributed by atoms with Crippen molar-refractivity contribution in [3.8, 4) is 6.07 Å². The van der Waals surface area contributed by atoms with Gasteiger partial charge >= 0.3 is 0 Å². The van der Waals surface area contributed by atoms with Gasteiger partial charge in [-0.15, -0.1) is 0 Å². The minimum atomic E-state index is -0.332. The Balaban J connectivity index is 1.81. The molecule has 2 aromatic carbocycles. The lowest BCUT2D eigenvalue weighted by atomic mass is 10.1. The number of aromatic amines is 1. The highest BCUT2D eigenvalue weighted by atomic mass is 35.5. The number of anilines is 1. The average molecular weight is 433 g/mol. The molecule has 4 aromatic rings. The van der Waals surface area contributed by atoms with Crippen LogP contribution in [0.25, 0.3) is 5.78 Å². The van der Waals surface area contributed by atoms with Gasteiger partial charge in [0.2, 0.25) is 5.95 Å². The maximum atomic E-state index is 13.3. The standard InChI is InChI=1S/C22H17ClN6O2/c1-13-14(2)25-21-26-22(27-29(21)19(13)30)28(12-16-5-3-15(11-24)4-6-16)20(31)17-7-9-18(23)10-8-17/h3-10H,12H2,1-2H3,(H,25,26,27). The first-order valence-corrected chi connectivity index (χ1v) is 9.77. The highest BCUT2D eigenvalue weighted by Crippen LogP contribution is 2.19. The molecule has 0 saturated carbocycles. The molecule has 0 saturated heterocycles. The number of hydrogen-bond donors (Lipinski definition) is 1. The molecule has 0 unspecified atom stereocenters. The number of halogens is 1. The Morgan fingerprint density at radius 3 is 2.45 bits per heavy atom. The maximum Gasteiger partial charge on any atom is 0.277 e. The molecule has 31 heavy (non-hydrogen) atoms. The summed E-state index contributed by atoms with van der Waals surface area (Å²) in [7, 11) is 0. The summed E-state index contributed by atoms with van der Waals surface area (Å²) >= 11 is 5.96. The third kappa shape index (κ3) is 3.91. The van der Waals surface area contributed by atoms with E-state index >= 15 is 0 Å². The zero-order chi connectivity index (χ0) is 22.1. The van der Waals surface area contributed by atoms with Crippen LogP contribution in [-0.2, 0) is 6.54 Å². The molecule has 0 radical (unpaired) electrons. The molecule has 0 aliphatic rings. The largest absolute Gasteiger partial charge is 0.277 e. The van der Waals surface area contributed by atoms with Crippen LogP contribution in [0.1, 0.15) is 32.7 Å². The second kappa shape index (κ2) is 8.05. The summed E-state index contributed by atoms with van der Waals surface area (Å²) in [5.41, 5.74) is 2.50. The van der Waals surface area contributed by atoms with E-state index < -0.39 is 0 Å². The summed E-state index contributed by atoms with van der Waals surface area (Å²) in [6.45, 7) is 3.59. The highest BCUT2D eigenvalue weighted by Gasteiger charge is 2.23. The fourth-order valence-corrected chi connectivity index (χ4v) is 3.20. The second-order valence-corrected chi connectivity index (χ2v) is 7.45. The number of H-pyrrole nitrogens is 1. The third-order valence-corrected chi connectivity index (χ3v) is 5.22. The third-order valence-electron chi connectivity index (χ3n) is 4.97. The summed E-state index contributed by atoms with van der Waals surface area (Å²) in [4.78, 5) is 36.1. The number of benzene rings is 2. The first-order valence-electron chi connectivity index (χ1n) is 9.40. The molecule has 0 bridgehead atoms. The molecule has 0 atom stereocenters. The Hall–Kier alpha value is -3.96. The SMILES string of the molecule is Cc1nc2nc(N(Cc3ccc(C#N)cc3)C(=O)c3ccc(Cl)cc3)[nH]n2c(=O)c1C. The Kier molecular flexibility index (Phi) is 5.28. The Labute approximate surface area is 182 Å². The second-order valence-electron chi connectivity index (χ2n) is 7.02. The molecule has 9 heteroatoms. The Morgan fingerprint density at radius 1 is 1.13 bits per heavy atom. The van der Waals surface area contributed by atoms with Crippen LogP contribution in [-0.4, -0.2) is 25.5 Å². The van der Waals surface area contributed by atoms with Crippen molar-refractivity contribution in [3.63, 3.8) is 0 Å². The molecular formula is C22H17ClN6O2. The van der Waals surface area contributed by atoms with Gasteiger partial charge in [0.05, 0.1) is 18.2 Å². The zero-order valence-electron chi connectivity index (χ0n) is 16.8. The minimum absolute atomic E-state index is 0.166. The smallest absolute Gasteiger partial charge is 0.272 e. The monoisotopic (exact) mass is 432 g/mol. The number of carbonyl (C=O) groups is 1. The Morgan fingerprint density at radius 2 is 1.81 bits per heavy atom. The number of nitrogens with one attached hydrogen (secondary N) is 1. The van der Waals surface area contributed by atoms with E-state index in [1.165, 1.54) is 9.42 Å². The predicted molar refractivity (Wildman–Crippen MR) is 116 cm³/mol. The number of amides is 1. The van der Waals surface area contributed by atoms with Gasteiger partial charge < -0.3 is 0 Å². The first kappa shape index (κ1) is 20.3. The molecular weight excluding hydrogens is 416 g/mol. The molecule has 1 amide bonds. The average Bonchev–Trinajstić information content (AvgIpc) is 3.20. The van der Waals surface area contributed by atoms with Crippen molar-refractivity contribution in [1.82, 2.24) is 19.6 Å². The number of nitriles is 1. The van der Waals surface area contributed by atoms with Crippen molar-refractivity contribution in [2.75, 3.05) is 4.90 Å². The van der Waals surface area contributed by atoms with Gasteiger partial charge in [-0.05, 0) is 55.8 Å². The lowest BCUT2D eigenvalue weighted by Crippen LogP contribution is -2.31. The minimum Gasteiger partial charge on any atom is -0.272 e. The van der Waals surface area contributed by atoms with Crippen molar-refractivity contribution < 1.29 is 4.79 Å². The Bertz CT molecular complexity index is 1380. The van der Waals surface area contributed by atoms with Gasteiger partial charge in [-0.25, -0.2) is 4.98 Å². The molecule has 8 nitrogen and oxygen atoms in total. The number of rotatable bonds is 4. The van der Waals surface area contributed by atoms with Crippen LogP contribution in [0.5, 0.6) is 0 Å². The lowest BCUT2D eigenvalue weighted by molar-refractivity contribution is 0.0983. The van der Waals surface area contributed by atoms with E-state index in [2.05, 4.69) is 21.1 Å². The van der Waals surface area contributed by atoms with Crippen LogP contribution in [0.3, 0.4) is 0 Å². The lowest BCUT2D eigenvalue weighted by Gasteiger charge is -2.20. The van der Waals surface area contributed by atoms with Crippen molar-refractivity contribution in [2.24, 2.45) is 0 Å². The highest BCUT2D eigenvalue weighted by molar-refractivity contribution is 6.30. The van der Waals surface area contributed by atoms with Crippen molar-refractivity contribution in [2.45, 2.75) is 20.4 Å². The van der Waals surface area contributed by atoms with E-state index in [9.17, 15) is 9.59 Å². The summed E-state index contributed by atoms with van der Waals surface area (Å²) in [6, 6.07) is 15.5. The summed E-state index contributed by atoms with van der Waals surface area (Å²) in [5.74, 6) is 0.0253. The van der Waals surface area contributed by atoms with Gasteiger partial charge in [-0.3, -0.25) is 19.6 Å². The molecule has 4 rings (SSSR count). The van der Waals surface area contributed by atoms with Gasteiger partial charge in [-0.2, -0.15) is 14.8 Å². The van der Waals surface area contributed by atoms with Crippen LogP contribution < -0.4 is 10.5 Å². The van der Waals surface area contributed by atoms with Gasteiger partial charge in [0.15, 0.2) is 0 Å². The fourth-order valence-electron chi connectivity index (χ4n) is 3.07. The summed E-state index contributed by atoms with van der Waals surface area (Å²) < 4.78 is 1.22. The van der Waals surface area contributed by atoms with E-state index in [-0.39, 0.29) is 29.7 Å². The van der Waals surface area contributed by atoms with Crippen molar-refractivity contribution in [3.05, 3.63) is 91.9 Å². The van der Waals surface area contributed by atoms with Crippen LogP contribution in [0.4, 0.5) is 5.95 Å². The molecule has 2 aromatic heterocycles.